The van der Waals surface area contributed by atoms with E-state index in [1.54, 1.807) is 0 Å². The lowest BCUT2D eigenvalue weighted by molar-refractivity contribution is 0.669. The lowest BCUT2D eigenvalue weighted by atomic mass is 10.0. The fourth-order valence-electron chi connectivity index (χ4n) is 9.93. The summed E-state index contributed by atoms with van der Waals surface area (Å²) in [7, 11) is 0. The molecule has 0 bridgehead atoms. The predicted octanol–water partition coefficient (Wildman–Crippen LogP) is 16.1. The highest BCUT2D eigenvalue weighted by molar-refractivity contribution is 6.19. The van der Waals surface area contributed by atoms with Gasteiger partial charge >= 0.3 is 0 Å². The summed E-state index contributed by atoms with van der Waals surface area (Å²) in [5.41, 5.74) is 14.3. The van der Waals surface area contributed by atoms with Gasteiger partial charge in [0.15, 0.2) is 0 Å². The van der Waals surface area contributed by atoms with Crippen LogP contribution in [0.25, 0.3) is 98.8 Å². The van der Waals surface area contributed by atoms with Gasteiger partial charge in [-0.15, -0.1) is 0 Å². The van der Waals surface area contributed by atoms with E-state index in [0.29, 0.717) is 0 Å². The third-order valence-corrected chi connectivity index (χ3v) is 12.7. The van der Waals surface area contributed by atoms with E-state index >= 15 is 0 Å². The van der Waals surface area contributed by atoms with Gasteiger partial charge in [0.1, 0.15) is 11.2 Å². The molecule has 0 radical (unpaired) electrons. The Bertz CT molecular complexity index is 3850. The van der Waals surface area contributed by atoms with E-state index in [2.05, 4.69) is 232 Å². The summed E-state index contributed by atoms with van der Waals surface area (Å²) in [4.78, 5) is 2.39. The molecular formula is C58H37N3O. The van der Waals surface area contributed by atoms with Crippen LogP contribution in [-0.4, -0.2) is 9.13 Å². The molecule has 13 rings (SSSR count). The maximum absolute atomic E-state index is 6.45. The van der Waals surface area contributed by atoms with Crippen molar-refractivity contribution in [2.24, 2.45) is 0 Å². The molecule has 62 heavy (non-hydrogen) atoms. The molecular weight excluding hydrogens is 755 g/mol. The van der Waals surface area contributed by atoms with Gasteiger partial charge in [0.05, 0.1) is 33.1 Å². The molecule has 13 aromatic rings. The van der Waals surface area contributed by atoms with Crippen LogP contribution in [-0.2, 0) is 0 Å². The molecule has 0 atom stereocenters. The van der Waals surface area contributed by atoms with Crippen molar-refractivity contribution < 1.29 is 4.42 Å². The second kappa shape index (κ2) is 13.6. The summed E-state index contributed by atoms with van der Waals surface area (Å²) in [5, 5.41) is 9.65. The molecule has 0 amide bonds. The van der Waals surface area contributed by atoms with Gasteiger partial charge in [-0.1, -0.05) is 146 Å². The van der Waals surface area contributed by atoms with Crippen LogP contribution in [0.5, 0.6) is 0 Å². The van der Waals surface area contributed by atoms with Gasteiger partial charge in [-0.3, -0.25) is 0 Å². The molecule has 0 N–H and O–H groups in total. The van der Waals surface area contributed by atoms with Crippen LogP contribution in [0.15, 0.2) is 229 Å². The van der Waals surface area contributed by atoms with Gasteiger partial charge in [0.25, 0.3) is 0 Å². The van der Waals surface area contributed by atoms with Crippen LogP contribution in [0.4, 0.5) is 17.1 Å². The quantitative estimate of drug-likeness (QED) is 0.168. The van der Waals surface area contributed by atoms with Crippen LogP contribution in [0.3, 0.4) is 0 Å². The monoisotopic (exact) mass is 791 g/mol. The lowest BCUT2D eigenvalue weighted by Gasteiger charge is -2.27. The standard InChI is InChI=1S/C58H37N3O/c1-2-14-41(15-3-1)60-51-20-9-6-17-46(51)48-36-34-44(37-54(48)60)59(53-22-12-24-56-57(53)50-19-8-11-23-55(50)62-56)42-30-25-38(26-31-42)39-27-32-43(33-28-39)61-52-21-10-7-18-47(52)49-35-29-40-13-4-5-16-45(40)58(49)61/h1-37H. The molecule has 0 aliphatic carbocycles. The zero-order valence-corrected chi connectivity index (χ0v) is 33.6. The molecule has 0 saturated heterocycles. The number of furan rings is 1. The smallest absolute Gasteiger partial charge is 0.137 e. The maximum atomic E-state index is 6.45. The Morgan fingerprint density at radius 2 is 0.903 bits per heavy atom. The van der Waals surface area contributed by atoms with E-state index in [0.717, 1.165) is 67.0 Å². The minimum absolute atomic E-state index is 0.862. The number of fused-ring (bicyclic) bond motifs is 11. The average Bonchev–Trinajstić information content (AvgIpc) is 4.00. The normalized spacial score (nSPS) is 11.9. The van der Waals surface area contributed by atoms with E-state index in [9.17, 15) is 0 Å². The topological polar surface area (TPSA) is 26.2 Å². The van der Waals surface area contributed by atoms with Crippen LogP contribution in [0, 0.1) is 0 Å². The number of benzene rings is 10. The van der Waals surface area contributed by atoms with Gasteiger partial charge in [-0.2, -0.15) is 0 Å². The van der Waals surface area contributed by atoms with Crippen molar-refractivity contribution in [1.29, 1.82) is 0 Å². The van der Waals surface area contributed by atoms with Crippen LogP contribution in [0.1, 0.15) is 0 Å². The summed E-state index contributed by atoms with van der Waals surface area (Å²) in [6.07, 6.45) is 0. The highest BCUT2D eigenvalue weighted by Crippen LogP contribution is 2.45. The number of rotatable bonds is 6. The number of aromatic nitrogens is 2. The van der Waals surface area contributed by atoms with Gasteiger partial charge in [0, 0.05) is 55.1 Å². The fourth-order valence-corrected chi connectivity index (χ4v) is 9.93. The van der Waals surface area contributed by atoms with Crippen molar-refractivity contribution in [3.63, 3.8) is 0 Å². The van der Waals surface area contributed by atoms with Gasteiger partial charge in [-0.05, 0) is 95.4 Å². The Hall–Kier alpha value is -8.34. The maximum Gasteiger partial charge on any atom is 0.137 e. The fraction of sp³-hybridized carbons (Fsp3) is 0. The van der Waals surface area contributed by atoms with Crippen LogP contribution >= 0.6 is 0 Å². The number of hydrogen-bond acceptors (Lipinski definition) is 2. The number of hydrogen-bond donors (Lipinski definition) is 0. The van der Waals surface area contributed by atoms with Crippen molar-refractivity contribution >= 4 is 93.4 Å². The Balaban J connectivity index is 0.957. The molecule has 4 heteroatoms. The SMILES string of the molecule is c1ccc(-n2c3ccccc3c3ccc(N(c4ccc(-c5ccc(-n6c7ccccc7c7ccc8ccccc8c76)cc5)cc4)c4cccc5oc6ccccc6c45)cc32)cc1. The Morgan fingerprint density at radius 3 is 1.69 bits per heavy atom. The zero-order chi connectivity index (χ0) is 40.7. The van der Waals surface area contributed by atoms with Crippen molar-refractivity contribution in [3.05, 3.63) is 224 Å². The summed E-state index contributed by atoms with van der Waals surface area (Å²) in [6.45, 7) is 0. The Morgan fingerprint density at radius 1 is 0.339 bits per heavy atom. The van der Waals surface area contributed by atoms with Gasteiger partial charge < -0.3 is 18.5 Å². The number of anilines is 3. The molecule has 0 aliphatic heterocycles. The largest absolute Gasteiger partial charge is 0.456 e. The average molecular weight is 792 g/mol. The predicted molar refractivity (Wildman–Crippen MR) is 260 cm³/mol. The number of para-hydroxylation sites is 4. The van der Waals surface area contributed by atoms with E-state index in [-0.39, 0.29) is 0 Å². The lowest BCUT2D eigenvalue weighted by Crippen LogP contribution is -2.10. The van der Waals surface area contributed by atoms with Crippen molar-refractivity contribution in [2.45, 2.75) is 0 Å². The second-order valence-corrected chi connectivity index (χ2v) is 16.1. The second-order valence-electron chi connectivity index (χ2n) is 16.1. The molecule has 10 aromatic carbocycles. The van der Waals surface area contributed by atoms with E-state index in [1.165, 1.54) is 48.9 Å². The molecule has 0 saturated carbocycles. The molecule has 4 nitrogen and oxygen atoms in total. The Kier molecular flexibility index (Phi) is 7.57. The molecule has 290 valence electrons. The van der Waals surface area contributed by atoms with Gasteiger partial charge in [0.2, 0.25) is 0 Å². The highest BCUT2D eigenvalue weighted by Gasteiger charge is 2.22. The third-order valence-electron chi connectivity index (χ3n) is 12.7. The summed E-state index contributed by atoms with van der Waals surface area (Å²) >= 11 is 0. The Labute approximate surface area is 357 Å². The molecule has 0 aliphatic rings. The highest BCUT2D eigenvalue weighted by atomic mass is 16.3. The van der Waals surface area contributed by atoms with E-state index in [4.69, 9.17) is 4.42 Å². The molecule has 0 fully saturated rings. The summed E-state index contributed by atoms with van der Waals surface area (Å²) < 4.78 is 11.3. The van der Waals surface area contributed by atoms with Crippen molar-refractivity contribution in [2.75, 3.05) is 4.90 Å². The summed E-state index contributed by atoms with van der Waals surface area (Å²) in [5.74, 6) is 0. The van der Waals surface area contributed by atoms with Crippen molar-refractivity contribution in [1.82, 2.24) is 9.13 Å². The molecule has 0 spiro atoms. The zero-order valence-electron chi connectivity index (χ0n) is 33.6. The summed E-state index contributed by atoms with van der Waals surface area (Å²) in [6, 6.07) is 80.9. The van der Waals surface area contributed by atoms with E-state index in [1.807, 2.05) is 6.07 Å². The van der Waals surface area contributed by atoms with E-state index < -0.39 is 0 Å². The third kappa shape index (κ3) is 5.20. The number of nitrogens with zero attached hydrogens (tertiary/aromatic N) is 3. The van der Waals surface area contributed by atoms with Gasteiger partial charge in [-0.25, -0.2) is 0 Å². The molecule has 0 unspecified atom stereocenters. The first-order valence-electron chi connectivity index (χ1n) is 21.2. The van der Waals surface area contributed by atoms with Crippen molar-refractivity contribution in [3.8, 4) is 22.5 Å². The molecule has 3 aromatic heterocycles. The minimum Gasteiger partial charge on any atom is -0.456 e. The first kappa shape index (κ1) is 34.5. The van der Waals surface area contributed by atoms with Crippen LogP contribution in [0.2, 0.25) is 0 Å². The minimum atomic E-state index is 0.862. The van der Waals surface area contributed by atoms with Crippen LogP contribution < -0.4 is 4.90 Å². The first-order valence-corrected chi connectivity index (χ1v) is 21.2. The first-order chi connectivity index (χ1) is 30.8. The molecule has 3 heterocycles.